The van der Waals surface area contributed by atoms with E-state index in [4.69, 9.17) is 5.73 Å². The van der Waals surface area contributed by atoms with Crippen LogP contribution < -0.4 is 10.6 Å². The van der Waals surface area contributed by atoms with E-state index in [1.165, 1.54) is 36.5 Å². The normalized spacial score (nSPS) is 12.6. The van der Waals surface area contributed by atoms with Crippen LogP contribution >= 0.6 is 0 Å². The Morgan fingerprint density at radius 1 is 1.17 bits per heavy atom. The summed E-state index contributed by atoms with van der Waals surface area (Å²) in [7, 11) is 4.33. The van der Waals surface area contributed by atoms with Crippen molar-refractivity contribution in [2.45, 2.75) is 18.6 Å². The van der Waals surface area contributed by atoms with Gasteiger partial charge < -0.3 is 15.4 Å². The van der Waals surface area contributed by atoms with E-state index >= 15 is 0 Å². The minimum Gasteiger partial charge on any atom is -0.468 e. The quantitative estimate of drug-likeness (QED) is 0.640. The number of benzene rings is 1. The molecule has 0 spiro atoms. The fourth-order valence-electron chi connectivity index (χ4n) is 3.38. The minimum absolute atomic E-state index is 0.00775. The van der Waals surface area contributed by atoms with E-state index in [0.717, 1.165) is 0 Å². The molecule has 0 radical (unpaired) electrons. The average Bonchev–Trinajstić information content (AvgIpc) is 2.72. The van der Waals surface area contributed by atoms with Gasteiger partial charge in [0, 0.05) is 37.4 Å². The van der Waals surface area contributed by atoms with Gasteiger partial charge >= 0.3 is 12.1 Å². The van der Waals surface area contributed by atoms with Crippen molar-refractivity contribution in [1.29, 1.82) is 0 Å². The number of aromatic nitrogens is 2. The summed E-state index contributed by atoms with van der Waals surface area (Å²) in [6.07, 6.45) is -1.61. The molecule has 2 aromatic heterocycles. The highest BCUT2D eigenvalue weighted by Crippen LogP contribution is 2.43. The van der Waals surface area contributed by atoms with Gasteiger partial charge in [-0.1, -0.05) is 18.2 Å². The Balaban J connectivity index is 2.24. The summed E-state index contributed by atoms with van der Waals surface area (Å²) in [6.45, 7) is 0. The maximum Gasteiger partial charge on any atom is 0.420 e. The summed E-state index contributed by atoms with van der Waals surface area (Å²) >= 11 is 0. The molecule has 6 nitrogen and oxygen atoms in total. The Bertz CT molecular complexity index is 1080. The molecule has 0 aliphatic rings. The van der Waals surface area contributed by atoms with Gasteiger partial charge in [-0.15, -0.1) is 0 Å². The second kappa shape index (κ2) is 8.27. The van der Waals surface area contributed by atoms with Gasteiger partial charge in [-0.2, -0.15) is 13.2 Å². The van der Waals surface area contributed by atoms with Crippen molar-refractivity contribution in [2.75, 3.05) is 26.1 Å². The first-order valence-corrected chi connectivity index (χ1v) is 9.09. The lowest BCUT2D eigenvalue weighted by atomic mass is 9.95. The first kappa shape index (κ1) is 21.5. The highest BCUT2D eigenvalue weighted by atomic mass is 19.4. The molecule has 0 aliphatic heterocycles. The molecule has 0 unspecified atom stereocenters. The first-order valence-electron chi connectivity index (χ1n) is 9.09. The number of pyridine rings is 2. The number of rotatable bonds is 5. The second-order valence-corrected chi connectivity index (χ2v) is 6.95. The lowest BCUT2D eigenvalue weighted by Crippen LogP contribution is -2.33. The van der Waals surface area contributed by atoms with Crippen molar-refractivity contribution in [2.24, 2.45) is 5.73 Å². The van der Waals surface area contributed by atoms with Crippen LogP contribution in [-0.2, 0) is 22.1 Å². The number of esters is 1. The lowest BCUT2D eigenvalue weighted by Gasteiger charge is -2.22. The first-order chi connectivity index (χ1) is 14.1. The fourth-order valence-corrected chi connectivity index (χ4v) is 3.38. The highest BCUT2D eigenvalue weighted by Gasteiger charge is 2.38. The van der Waals surface area contributed by atoms with Gasteiger partial charge in [-0.3, -0.25) is 14.8 Å². The number of alkyl halides is 3. The average molecular weight is 418 g/mol. The zero-order chi connectivity index (χ0) is 22.1. The number of hydrogen-bond acceptors (Lipinski definition) is 6. The maximum atomic E-state index is 14.0. The predicted octanol–water partition coefficient (Wildman–Crippen LogP) is 3.42. The molecule has 2 N–H and O–H groups in total. The Morgan fingerprint density at radius 2 is 1.90 bits per heavy atom. The summed E-state index contributed by atoms with van der Waals surface area (Å²) in [5, 5.41) is 0.597. The van der Waals surface area contributed by atoms with Crippen LogP contribution in [0.3, 0.4) is 0 Å². The van der Waals surface area contributed by atoms with Gasteiger partial charge in [0.1, 0.15) is 11.6 Å². The molecule has 158 valence electrons. The van der Waals surface area contributed by atoms with Gasteiger partial charge in [0.15, 0.2) is 0 Å². The Morgan fingerprint density at radius 3 is 2.53 bits per heavy atom. The molecule has 3 aromatic rings. The van der Waals surface area contributed by atoms with Crippen molar-refractivity contribution < 1.29 is 22.7 Å². The number of carbonyl (C=O) groups is 1. The fraction of sp³-hybridized carbons (Fsp3) is 0.286. The molecule has 30 heavy (non-hydrogen) atoms. The standard InChI is InChI=1S/C21H21F3N4O2/c1-28(2)16-8-10-27-19(17(16)21(22,23)24)14-7-6-12(11-15(25)20(29)30-3)13-5-4-9-26-18(13)14/h4-10,15H,11,25H2,1-3H3/t15-/m0/s1. The number of nitrogens with two attached hydrogens (primary N) is 1. The molecule has 0 amide bonds. The zero-order valence-corrected chi connectivity index (χ0v) is 16.7. The third kappa shape index (κ3) is 4.06. The second-order valence-electron chi connectivity index (χ2n) is 6.95. The van der Waals surface area contributed by atoms with Crippen LogP contribution in [-0.4, -0.2) is 43.2 Å². The molecule has 2 heterocycles. The van der Waals surface area contributed by atoms with Gasteiger partial charge in [0.05, 0.1) is 24.0 Å². The maximum absolute atomic E-state index is 14.0. The summed E-state index contributed by atoms with van der Waals surface area (Å²) in [5.41, 5.74) is 6.11. The molecule has 3 rings (SSSR count). The van der Waals surface area contributed by atoms with E-state index in [2.05, 4.69) is 14.7 Å². The van der Waals surface area contributed by atoms with E-state index in [9.17, 15) is 18.0 Å². The Labute approximate surface area is 171 Å². The van der Waals surface area contributed by atoms with Crippen molar-refractivity contribution in [3.63, 3.8) is 0 Å². The topological polar surface area (TPSA) is 81.3 Å². The van der Waals surface area contributed by atoms with Crippen LogP contribution in [0.25, 0.3) is 22.2 Å². The monoisotopic (exact) mass is 418 g/mol. The van der Waals surface area contributed by atoms with Crippen molar-refractivity contribution in [3.8, 4) is 11.3 Å². The molecule has 0 saturated heterocycles. The summed E-state index contributed by atoms with van der Waals surface area (Å²) in [4.78, 5) is 21.5. The molecule has 0 aliphatic carbocycles. The minimum atomic E-state index is -4.61. The number of nitrogens with zero attached hydrogens (tertiary/aromatic N) is 3. The van der Waals surface area contributed by atoms with Crippen molar-refractivity contribution in [3.05, 3.63) is 53.9 Å². The largest absolute Gasteiger partial charge is 0.468 e. The Hall–Kier alpha value is -3.20. The van der Waals surface area contributed by atoms with Crippen LogP contribution in [0.4, 0.5) is 18.9 Å². The zero-order valence-electron chi connectivity index (χ0n) is 16.7. The van der Waals surface area contributed by atoms with Gasteiger partial charge in [0.25, 0.3) is 0 Å². The number of halogens is 3. The number of fused-ring (bicyclic) bond motifs is 1. The molecule has 0 fully saturated rings. The van der Waals surface area contributed by atoms with Crippen LogP contribution in [0, 0.1) is 0 Å². The number of anilines is 1. The van der Waals surface area contributed by atoms with Crippen LogP contribution in [0.2, 0.25) is 0 Å². The molecule has 1 atom stereocenters. The van der Waals surface area contributed by atoms with Crippen molar-refractivity contribution in [1.82, 2.24) is 9.97 Å². The molecular weight excluding hydrogens is 397 g/mol. The molecule has 1 aromatic carbocycles. The van der Waals surface area contributed by atoms with E-state index in [-0.39, 0.29) is 23.4 Å². The molecule has 0 bridgehead atoms. The number of methoxy groups -OCH3 is 1. The molecule has 9 heteroatoms. The van der Waals surface area contributed by atoms with E-state index in [1.54, 1.807) is 32.3 Å². The summed E-state index contributed by atoms with van der Waals surface area (Å²) < 4.78 is 46.6. The van der Waals surface area contributed by atoms with Gasteiger partial charge in [-0.25, -0.2) is 0 Å². The number of hydrogen-bond donors (Lipinski definition) is 1. The van der Waals surface area contributed by atoms with E-state index in [1.807, 2.05) is 0 Å². The van der Waals surface area contributed by atoms with E-state index < -0.39 is 23.8 Å². The number of carbonyl (C=O) groups excluding carboxylic acids is 1. The smallest absolute Gasteiger partial charge is 0.420 e. The van der Waals surface area contributed by atoms with Crippen LogP contribution in [0.5, 0.6) is 0 Å². The van der Waals surface area contributed by atoms with Crippen LogP contribution in [0.1, 0.15) is 11.1 Å². The third-order valence-electron chi connectivity index (χ3n) is 4.75. The summed E-state index contributed by atoms with van der Waals surface area (Å²) in [5.74, 6) is -0.573. The lowest BCUT2D eigenvalue weighted by molar-refractivity contribution is -0.142. The predicted molar refractivity (Wildman–Crippen MR) is 108 cm³/mol. The third-order valence-corrected chi connectivity index (χ3v) is 4.75. The van der Waals surface area contributed by atoms with Crippen molar-refractivity contribution >= 4 is 22.6 Å². The molecule has 0 saturated carbocycles. The number of ether oxygens (including phenoxy) is 1. The summed E-state index contributed by atoms with van der Waals surface area (Å²) in [6, 6.07) is 7.01. The highest BCUT2D eigenvalue weighted by molar-refractivity contribution is 5.96. The SMILES string of the molecule is COC(=O)[C@@H](N)Cc1ccc(-c2nccc(N(C)C)c2C(F)(F)F)c2ncccc12. The van der Waals surface area contributed by atoms with E-state index in [0.29, 0.717) is 16.5 Å². The van der Waals surface area contributed by atoms with Crippen LogP contribution in [0.15, 0.2) is 42.7 Å². The Kier molecular flexibility index (Phi) is 5.93. The molecular formula is C21H21F3N4O2. The van der Waals surface area contributed by atoms with Gasteiger partial charge in [-0.05, 0) is 24.1 Å². The van der Waals surface area contributed by atoms with Gasteiger partial charge in [0.2, 0.25) is 0 Å².